The number of amides is 1. The van der Waals surface area contributed by atoms with Gasteiger partial charge in [0, 0.05) is 29.3 Å². The van der Waals surface area contributed by atoms with Gasteiger partial charge in [-0.1, -0.05) is 6.07 Å². The summed E-state index contributed by atoms with van der Waals surface area (Å²) >= 11 is 0. The second-order valence-electron chi connectivity index (χ2n) is 6.24. The van der Waals surface area contributed by atoms with E-state index in [1.165, 1.54) is 18.2 Å². The average Bonchev–Trinajstić information content (AvgIpc) is 3.20. The van der Waals surface area contributed by atoms with Gasteiger partial charge in [0.2, 0.25) is 0 Å². The van der Waals surface area contributed by atoms with Gasteiger partial charge in [-0.2, -0.15) is 5.26 Å². The molecule has 0 saturated heterocycles. The van der Waals surface area contributed by atoms with E-state index in [-0.39, 0.29) is 11.1 Å². The zero-order chi connectivity index (χ0) is 21.5. The van der Waals surface area contributed by atoms with Crippen LogP contribution in [0.5, 0.6) is 5.75 Å². The summed E-state index contributed by atoms with van der Waals surface area (Å²) in [5, 5.41) is 21.2. The highest BCUT2D eigenvalue weighted by atomic mass is 16.5. The molecule has 0 fully saturated rings. The van der Waals surface area contributed by atoms with E-state index in [0.29, 0.717) is 29.4 Å². The van der Waals surface area contributed by atoms with Gasteiger partial charge in [0.15, 0.2) is 0 Å². The number of aromatic carboxylic acids is 1. The number of rotatable bonds is 7. The summed E-state index contributed by atoms with van der Waals surface area (Å²) in [6, 6.07) is 18.7. The SMILES string of the molecule is CCOc1cccc(NC(=O)/C(C#N)=C\c2cccn2-c2ccc(C(=O)O)cc2)c1. The number of ether oxygens (including phenoxy) is 1. The van der Waals surface area contributed by atoms with Crippen LogP contribution in [0.2, 0.25) is 0 Å². The monoisotopic (exact) mass is 401 g/mol. The lowest BCUT2D eigenvalue weighted by molar-refractivity contribution is -0.112. The molecule has 0 saturated carbocycles. The first-order valence-corrected chi connectivity index (χ1v) is 9.19. The number of benzene rings is 2. The topological polar surface area (TPSA) is 104 Å². The minimum Gasteiger partial charge on any atom is -0.494 e. The fourth-order valence-corrected chi connectivity index (χ4v) is 2.84. The van der Waals surface area contributed by atoms with Crippen LogP contribution in [0, 0.1) is 11.3 Å². The molecule has 1 aromatic heterocycles. The van der Waals surface area contributed by atoms with E-state index in [9.17, 15) is 14.9 Å². The lowest BCUT2D eigenvalue weighted by Gasteiger charge is -2.09. The molecule has 150 valence electrons. The van der Waals surface area contributed by atoms with Gasteiger partial charge in [0.05, 0.1) is 12.2 Å². The Morgan fingerprint density at radius 1 is 1.17 bits per heavy atom. The molecule has 0 bridgehead atoms. The molecule has 1 heterocycles. The summed E-state index contributed by atoms with van der Waals surface area (Å²) in [4.78, 5) is 23.6. The van der Waals surface area contributed by atoms with Crippen LogP contribution in [-0.2, 0) is 4.79 Å². The van der Waals surface area contributed by atoms with Crippen molar-refractivity contribution in [1.82, 2.24) is 4.57 Å². The summed E-state index contributed by atoms with van der Waals surface area (Å²) < 4.78 is 7.17. The van der Waals surface area contributed by atoms with E-state index < -0.39 is 11.9 Å². The van der Waals surface area contributed by atoms with Crippen LogP contribution in [-0.4, -0.2) is 28.2 Å². The Morgan fingerprint density at radius 3 is 2.60 bits per heavy atom. The summed E-state index contributed by atoms with van der Waals surface area (Å²) in [5.41, 5.74) is 1.94. The number of hydrogen-bond acceptors (Lipinski definition) is 4. The average molecular weight is 401 g/mol. The van der Waals surface area contributed by atoms with Crippen molar-refractivity contribution in [1.29, 1.82) is 5.26 Å². The van der Waals surface area contributed by atoms with E-state index in [4.69, 9.17) is 9.84 Å². The molecule has 7 heteroatoms. The fourth-order valence-electron chi connectivity index (χ4n) is 2.84. The molecule has 7 nitrogen and oxygen atoms in total. The minimum absolute atomic E-state index is 0.0704. The van der Waals surface area contributed by atoms with Gasteiger partial charge in [-0.25, -0.2) is 4.79 Å². The summed E-state index contributed by atoms with van der Waals surface area (Å²) in [5.74, 6) is -0.928. The number of carboxylic acids is 1. The molecule has 0 atom stereocenters. The normalized spacial score (nSPS) is 10.9. The van der Waals surface area contributed by atoms with Crippen LogP contribution in [0.25, 0.3) is 11.8 Å². The predicted molar refractivity (Wildman–Crippen MR) is 113 cm³/mol. The van der Waals surface area contributed by atoms with Gasteiger partial charge < -0.3 is 19.7 Å². The Hall–Kier alpha value is -4.31. The predicted octanol–water partition coefficient (Wildman–Crippen LogP) is 4.12. The minimum atomic E-state index is -1.01. The first-order valence-electron chi connectivity index (χ1n) is 9.19. The van der Waals surface area contributed by atoms with E-state index >= 15 is 0 Å². The number of carbonyl (C=O) groups is 2. The van der Waals surface area contributed by atoms with Gasteiger partial charge >= 0.3 is 5.97 Å². The molecule has 0 spiro atoms. The third kappa shape index (κ3) is 4.75. The Balaban J connectivity index is 1.84. The van der Waals surface area contributed by atoms with Crippen LogP contribution >= 0.6 is 0 Å². The quantitative estimate of drug-likeness (QED) is 0.458. The van der Waals surface area contributed by atoms with Crippen molar-refractivity contribution in [3.05, 3.63) is 83.7 Å². The van der Waals surface area contributed by atoms with Crippen molar-refractivity contribution in [3.63, 3.8) is 0 Å². The molecule has 2 aromatic carbocycles. The van der Waals surface area contributed by atoms with Crippen molar-refractivity contribution in [2.24, 2.45) is 0 Å². The fraction of sp³-hybridized carbons (Fsp3) is 0.0870. The van der Waals surface area contributed by atoms with E-state index in [1.807, 2.05) is 13.0 Å². The Morgan fingerprint density at radius 2 is 1.93 bits per heavy atom. The van der Waals surface area contributed by atoms with Gasteiger partial charge in [-0.3, -0.25) is 4.79 Å². The highest BCUT2D eigenvalue weighted by Crippen LogP contribution is 2.20. The second-order valence-corrected chi connectivity index (χ2v) is 6.24. The van der Waals surface area contributed by atoms with E-state index in [0.717, 1.165) is 0 Å². The maximum Gasteiger partial charge on any atom is 0.335 e. The highest BCUT2D eigenvalue weighted by Gasteiger charge is 2.12. The summed E-state index contributed by atoms with van der Waals surface area (Å²) in [6.45, 7) is 2.37. The lowest BCUT2D eigenvalue weighted by Crippen LogP contribution is -2.13. The van der Waals surface area contributed by atoms with Gasteiger partial charge in [0.25, 0.3) is 5.91 Å². The number of nitrogens with one attached hydrogen (secondary N) is 1. The van der Waals surface area contributed by atoms with Crippen LogP contribution in [0.1, 0.15) is 23.0 Å². The van der Waals surface area contributed by atoms with Crippen LogP contribution in [0.3, 0.4) is 0 Å². The maximum atomic E-state index is 12.6. The second kappa shape index (κ2) is 9.26. The van der Waals surface area contributed by atoms with Crippen LogP contribution < -0.4 is 10.1 Å². The third-order valence-corrected chi connectivity index (χ3v) is 4.23. The van der Waals surface area contributed by atoms with Gasteiger partial charge in [-0.15, -0.1) is 0 Å². The zero-order valence-corrected chi connectivity index (χ0v) is 16.2. The number of nitrogens with zero attached hydrogens (tertiary/aromatic N) is 2. The van der Waals surface area contributed by atoms with Crippen molar-refractivity contribution in [3.8, 4) is 17.5 Å². The van der Waals surface area contributed by atoms with Crippen LogP contribution in [0.4, 0.5) is 5.69 Å². The molecule has 0 aliphatic heterocycles. The number of aromatic nitrogens is 1. The molecule has 0 radical (unpaired) electrons. The molecular formula is C23H19N3O4. The molecule has 0 aliphatic rings. The molecule has 0 unspecified atom stereocenters. The number of carbonyl (C=O) groups excluding carboxylic acids is 1. The first-order chi connectivity index (χ1) is 14.5. The zero-order valence-electron chi connectivity index (χ0n) is 16.2. The van der Waals surface area contributed by atoms with Crippen LogP contribution in [0.15, 0.2) is 72.4 Å². The largest absolute Gasteiger partial charge is 0.494 e. The smallest absolute Gasteiger partial charge is 0.335 e. The number of anilines is 1. The van der Waals surface area contributed by atoms with Crippen molar-refractivity contribution >= 4 is 23.6 Å². The maximum absolute atomic E-state index is 12.6. The molecule has 3 aromatic rings. The molecule has 1 amide bonds. The van der Waals surface area contributed by atoms with Gasteiger partial charge in [0.1, 0.15) is 17.4 Å². The Labute approximate surface area is 173 Å². The Bertz CT molecular complexity index is 1140. The van der Waals surface area contributed by atoms with Crippen molar-refractivity contribution in [2.75, 3.05) is 11.9 Å². The molecule has 30 heavy (non-hydrogen) atoms. The standard InChI is InChI=1S/C23H19N3O4/c1-2-30-21-7-3-5-18(14-21)25-22(27)17(15-24)13-20-6-4-12-26(20)19-10-8-16(9-11-19)23(28)29/h3-14H,2H2,1H3,(H,25,27)(H,28,29)/b17-13-. The molecule has 3 rings (SSSR count). The molecule has 0 aliphatic carbocycles. The number of carboxylic acid groups (broad SMARTS) is 1. The lowest BCUT2D eigenvalue weighted by atomic mass is 10.2. The van der Waals surface area contributed by atoms with E-state index in [2.05, 4.69) is 5.32 Å². The molecular weight excluding hydrogens is 382 g/mol. The molecule has 2 N–H and O–H groups in total. The van der Waals surface area contributed by atoms with Crippen molar-refractivity contribution in [2.45, 2.75) is 6.92 Å². The Kier molecular flexibility index (Phi) is 6.30. The number of nitriles is 1. The first kappa shape index (κ1) is 20.4. The highest BCUT2D eigenvalue weighted by molar-refractivity contribution is 6.09. The van der Waals surface area contributed by atoms with Crippen molar-refractivity contribution < 1.29 is 19.4 Å². The summed E-state index contributed by atoms with van der Waals surface area (Å²) in [7, 11) is 0. The van der Waals surface area contributed by atoms with E-state index in [1.54, 1.807) is 59.3 Å². The summed E-state index contributed by atoms with van der Waals surface area (Å²) in [6.07, 6.45) is 3.24. The van der Waals surface area contributed by atoms with Gasteiger partial charge in [-0.05, 0) is 61.5 Å². The number of hydrogen-bond donors (Lipinski definition) is 2. The third-order valence-electron chi connectivity index (χ3n) is 4.23.